The molecule has 6 nitrogen and oxygen atoms in total. The van der Waals surface area contributed by atoms with Gasteiger partial charge in [0.25, 0.3) is 5.91 Å². The summed E-state index contributed by atoms with van der Waals surface area (Å²) < 4.78 is 66.5. The number of halogens is 3. The molecule has 0 bridgehead atoms. The van der Waals surface area contributed by atoms with E-state index in [1.807, 2.05) is 0 Å². The minimum Gasteiger partial charge on any atom is -0.336 e. The summed E-state index contributed by atoms with van der Waals surface area (Å²) in [5, 5.41) is 0. The van der Waals surface area contributed by atoms with Crippen molar-refractivity contribution in [1.29, 1.82) is 0 Å². The number of nitrogens with one attached hydrogen (secondary N) is 1. The number of carbonyl (C=O) groups excluding carboxylic acids is 1. The second kappa shape index (κ2) is 7.28. The average Bonchev–Trinajstić information content (AvgIpc) is 3.09. The van der Waals surface area contributed by atoms with Crippen LogP contribution in [0.2, 0.25) is 0 Å². The number of alkyl halides is 3. The fourth-order valence-corrected chi connectivity index (χ4v) is 4.40. The second-order valence-corrected chi connectivity index (χ2v) is 7.75. The van der Waals surface area contributed by atoms with Crippen molar-refractivity contribution in [2.24, 2.45) is 0 Å². The Morgan fingerprint density at radius 2 is 1.85 bits per heavy atom. The van der Waals surface area contributed by atoms with E-state index in [1.165, 1.54) is 17.2 Å². The van der Waals surface area contributed by atoms with Crippen LogP contribution < -0.4 is 4.72 Å². The van der Waals surface area contributed by atoms with Gasteiger partial charge in [-0.1, -0.05) is 18.2 Å². The summed E-state index contributed by atoms with van der Waals surface area (Å²) >= 11 is 0. The minimum absolute atomic E-state index is 0.0584. The molecule has 0 saturated carbocycles. The van der Waals surface area contributed by atoms with Gasteiger partial charge in [-0.25, -0.2) is 13.1 Å². The molecule has 1 saturated heterocycles. The van der Waals surface area contributed by atoms with Crippen LogP contribution in [0.25, 0.3) is 0 Å². The summed E-state index contributed by atoms with van der Waals surface area (Å²) in [6.07, 6.45) is -3.02. The van der Waals surface area contributed by atoms with E-state index in [2.05, 4.69) is 9.71 Å². The number of nitrogens with zero attached hydrogens (tertiary/aromatic N) is 2. The van der Waals surface area contributed by atoms with Gasteiger partial charge in [0.15, 0.2) is 0 Å². The number of aromatic nitrogens is 1. The molecule has 1 atom stereocenters. The monoisotopic (exact) mass is 399 g/mol. The van der Waals surface area contributed by atoms with Gasteiger partial charge in [0.2, 0.25) is 10.0 Å². The lowest BCUT2D eigenvalue weighted by Crippen LogP contribution is -2.39. The highest BCUT2D eigenvalue weighted by Gasteiger charge is 2.38. The molecule has 0 aliphatic carbocycles. The predicted molar refractivity (Wildman–Crippen MR) is 90.3 cm³/mol. The van der Waals surface area contributed by atoms with Crippen LogP contribution in [0.1, 0.15) is 22.5 Å². The van der Waals surface area contributed by atoms with Crippen molar-refractivity contribution in [3.8, 4) is 0 Å². The van der Waals surface area contributed by atoms with Crippen molar-refractivity contribution in [3.05, 3.63) is 59.9 Å². The predicted octanol–water partition coefficient (Wildman–Crippen LogP) is 2.29. The van der Waals surface area contributed by atoms with E-state index < -0.39 is 32.7 Å². The molecule has 0 spiro atoms. The van der Waals surface area contributed by atoms with Gasteiger partial charge in [-0.15, -0.1) is 0 Å². The number of rotatable bonds is 4. The van der Waals surface area contributed by atoms with E-state index in [0.717, 1.165) is 18.2 Å². The summed E-state index contributed by atoms with van der Waals surface area (Å²) in [6, 6.07) is 8.18. The van der Waals surface area contributed by atoms with Gasteiger partial charge in [-0.2, -0.15) is 13.2 Å². The number of amides is 1. The molecule has 0 radical (unpaired) electrons. The molecule has 1 aliphatic heterocycles. The summed E-state index contributed by atoms with van der Waals surface area (Å²) in [4.78, 5) is 16.9. The highest BCUT2D eigenvalue weighted by Crippen LogP contribution is 2.34. The first-order valence-corrected chi connectivity index (χ1v) is 9.55. The van der Waals surface area contributed by atoms with Crippen molar-refractivity contribution in [1.82, 2.24) is 14.6 Å². The standard InChI is InChI=1S/C17H16F3N3O3S/c18-17(19,20)13-5-1-2-7-15(13)27(25,26)22-12-8-10-23(11-12)16(24)14-6-3-4-9-21-14/h1-7,9,12,22H,8,10-11H2/t12-/m1/s1. The quantitative estimate of drug-likeness (QED) is 0.856. The number of pyridine rings is 1. The van der Waals surface area contributed by atoms with Crippen molar-refractivity contribution in [2.75, 3.05) is 13.1 Å². The Bertz CT molecular complexity index is 933. The number of hydrogen-bond donors (Lipinski definition) is 1. The maximum absolute atomic E-state index is 13.1. The van der Waals surface area contributed by atoms with Crippen LogP contribution in [-0.2, 0) is 16.2 Å². The lowest BCUT2D eigenvalue weighted by atomic mass is 10.2. The van der Waals surface area contributed by atoms with Crippen LogP contribution in [0.15, 0.2) is 53.6 Å². The Morgan fingerprint density at radius 3 is 2.52 bits per heavy atom. The first kappa shape index (κ1) is 19.3. The highest BCUT2D eigenvalue weighted by atomic mass is 32.2. The maximum atomic E-state index is 13.1. The van der Waals surface area contributed by atoms with Crippen LogP contribution in [0.3, 0.4) is 0 Å². The maximum Gasteiger partial charge on any atom is 0.417 e. The molecule has 1 amide bonds. The third-order valence-electron chi connectivity index (χ3n) is 4.16. The molecule has 10 heteroatoms. The first-order valence-electron chi connectivity index (χ1n) is 8.07. The number of carbonyl (C=O) groups is 1. The molecular weight excluding hydrogens is 383 g/mol. The average molecular weight is 399 g/mol. The third kappa shape index (κ3) is 4.28. The van der Waals surface area contributed by atoms with Gasteiger partial charge in [0.05, 0.1) is 10.5 Å². The molecule has 1 N–H and O–H groups in total. The molecule has 1 fully saturated rings. The van der Waals surface area contributed by atoms with Crippen LogP contribution in [0.4, 0.5) is 13.2 Å². The van der Waals surface area contributed by atoms with E-state index in [4.69, 9.17) is 0 Å². The Labute approximate surface area is 154 Å². The van der Waals surface area contributed by atoms with Gasteiger partial charge < -0.3 is 4.90 Å². The second-order valence-electron chi connectivity index (χ2n) is 6.07. The minimum atomic E-state index is -4.79. The molecule has 2 heterocycles. The van der Waals surface area contributed by atoms with Gasteiger partial charge in [0.1, 0.15) is 5.69 Å². The van der Waals surface area contributed by atoms with Gasteiger partial charge in [0, 0.05) is 25.3 Å². The molecule has 27 heavy (non-hydrogen) atoms. The zero-order valence-corrected chi connectivity index (χ0v) is 14.8. The Kier molecular flexibility index (Phi) is 5.20. The normalized spacial score (nSPS) is 17.9. The molecule has 1 aliphatic rings. The largest absolute Gasteiger partial charge is 0.417 e. The van der Waals surface area contributed by atoms with Crippen molar-refractivity contribution < 1.29 is 26.4 Å². The van der Waals surface area contributed by atoms with Crippen LogP contribution in [-0.4, -0.2) is 43.3 Å². The molecule has 2 aromatic rings. The van der Waals surface area contributed by atoms with E-state index in [0.29, 0.717) is 6.42 Å². The molecule has 144 valence electrons. The summed E-state index contributed by atoms with van der Waals surface area (Å²) in [7, 11) is -4.39. The van der Waals surface area contributed by atoms with Crippen molar-refractivity contribution >= 4 is 15.9 Å². The van der Waals surface area contributed by atoms with E-state index in [9.17, 15) is 26.4 Å². The van der Waals surface area contributed by atoms with Gasteiger partial charge in [-0.3, -0.25) is 9.78 Å². The molecule has 1 aromatic heterocycles. The lowest BCUT2D eigenvalue weighted by molar-refractivity contribution is -0.139. The van der Waals surface area contributed by atoms with E-state index in [1.54, 1.807) is 18.2 Å². The molecule has 1 aromatic carbocycles. The summed E-state index contributed by atoms with van der Waals surface area (Å²) in [6.45, 7) is 0.340. The summed E-state index contributed by atoms with van der Waals surface area (Å²) in [5.74, 6) is -0.354. The zero-order chi connectivity index (χ0) is 19.7. The molecule has 0 unspecified atom stereocenters. The fourth-order valence-electron chi connectivity index (χ4n) is 2.91. The van der Waals surface area contributed by atoms with Gasteiger partial charge in [-0.05, 0) is 30.7 Å². The number of sulfonamides is 1. The lowest BCUT2D eigenvalue weighted by Gasteiger charge is -2.18. The number of likely N-dealkylation sites (tertiary alicyclic amines) is 1. The number of benzene rings is 1. The highest BCUT2D eigenvalue weighted by molar-refractivity contribution is 7.89. The van der Waals surface area contributed by atoms with Crippen molar-refractivity contribution in [3.63, 3.8) is 0 Å². The number of hydrogen-bond acceptors (Lipinski definition) is 4. The van der Waals surface area contributed by atoms with Crippen molar-refractivity contribution in [2.45, 2.75) is 23.5 Å². The zero-order valence-electron chi connectivity index (χ0n) is 14.0. The smallest absolute Gasteiger partial charge is 0.336 e. The first-order chi connectivity index (χ1) is 12.7. The topological polar surface area (TPSA) is 79.4 Å². The summed E-state index contributed by atoms with van der Waals surface area (Å²) in [5.41, 5.74) is -1.000. The Morgan fingerprint density at radius 1 is 1.15 bits per heavy atom. The third-order valence-corrected chi connectivity index (χ3v) is 5.74. The van der Waals surface area contributed by atoms with Gasteiger partial charge >= 0.3 is 6.18 Å². The Balaban J connectivity index is 1.74. The van der Waals surface area contributed by atoms with Crippen LogP contribution in [0.5, 0.6) is 0 Å². The molecule has 3 rings (SSSR count). The van der Waals surface area contributed by atoms with Crippen LogP contribution >= 0.6 is 0 Å². The van der Waals surface area contributed by atoms with E-state index in [-0.39, 0.29) is 24.7 Å². The van der Waals surface area contributed by atoms with E-state index >= 15 is 0 Å². The van der Waals surface area contributed by atoms with Crippen LogP contribution in [0, 0.1) is 0 Å². The molecular formula is C17H16F3N3O3S. The Hall–Kier alpha value is -2.46. The SMILES string of the molecule is O=C(c1ccccn1)N1CC[C@@H](NS(=O)(=O)c2ccccc2C(F)(F)F)C1. The fraction of sp³-hybridized carbons (Fsp3) is 0.294.